The Labute approximate surface area is 154 Å². The van der Waals surface area contributed by atoms with Crippen LogP contribution in [0.4, 0.5) is 9.39 Å². The summed E-state index contributed by atoms with van der Waals surface area (Å²) in [5.41, 5.74) is 0.713. The molecule has 132 valence electrons. The summed E-state index contributed by atoms with van der Waals surface area (Å²) in [6.45, 7) is 0. The zero-order chi connectivity index (χ0) is 18.5. The summed E-state index contributed by atoms with van der Waals surface area (Å²) < 4.78 is 18.3. The van der Waals surface area contributed by atoms with Crippen LogP contribution in [-0.2, 0) is 9.59 Å². The van der Waals surface area contributed by atoms with Gasteiger partial charge in [-0.05, 0) is 35.7 Å². The summed E-state index contributed by atoms with van der Waals surface area (Å²) in [5.74, 6) is -1.28. The fraction of sp³-hybridized carbons (Fsp3) is 0.0625. The molecule has 0 unspecified atom stereocenters. The van der Waals surface area contributed by atoms with Crippen LogP contribution < -0.4 is 5.32 Å². The van der Waals surface area contributed by atoms with Crippen LogP contribution in [0.25, 0.3) is 11.5 Å². The molecule has 1 amide bonds. The van der Waals surface area contributed by atoms with E-state index in [1.807, 2.05) is 0 Å². The van der Waals surface area contributed by atoms with E-state index in [0.717, 1.165) is 23.1 Å². The van der Waals surface area contributed by atoms with E-state index < -0.39 is 5.78 Å². The highest BCUT2D eigenvalue weighted by Crippen LogP contribution is 2.25. The largest absolute Gasteiger partial charge is 0.411 e. The normalized spacial score (nSPS) is 10.5. The number of hydrogen-bond acceptors (Lipinski definition) is 8. The van der Waals surface area contributed by atoms with Crippen LogP contribution in [0.15, 0.2) is 45.4 Å². The highest BCUT2D eigenvalue weighted by atomic mass is 32.2. The van der Waals surface area contributed by atoms with Crippen molar-refractivity contribution in [2.75, 3.05) is 11.1 Å². The van der Waals surface area contributed by atoms with E-state index in [0.29, 0.717) is 10.6 Å². The molecular formula is C16H10FN3O4S2. The molecule has 2 heterocycles. The average molecular weight is 391 g/mol. The van der Waals surface area contributed by atoms with Crippen molar-refractivity contribution < 1.29 is 23.2 Å². The number of nitrogens with zero attached hydrogens (tertiary/aromatic N) is 2. The number of carbonyl (C=O) groups is 3. The third kappa shape index (κ3) is 4.21. The molecule has 0 fully saturated rings. The zero-order valence-corrected chi connectivity index (χ0v) is 14.6. The summed E-state index contributed by atoms with van der Waals surface area (Å²) in [6, 6.07) is 7.04. The molecule has 26 heavy (non-hydrogen) atoms. The van der Waals surface area contributed by atoms with Crippen molar-refractivity contribution in [3.63, 3.8) is 0 Å². The van der Waals surface area contributed by atoms with Gasteiger partial charge in [-0.1, -0.05) is 11.8 Å². The van der Waals surface area contributed by atoms with E-state index in [9.17, 15) is 18.8 Å². The standard InChI is InChI=1S/C16H10FN3O4S2/c17-10-3-1-9(2-4-10)14-19-20-16(24-14)26-8-13(23)18-15-11(5-6-25-15)12(22)7-21/h1-7H,8H2,(H,18,23). The lowest BCUT2D eigenvalue weighted by Crippen LogP contribution is -2.15. The first-order valence-corrected chi connectivity index (χ1v) is 9.02. The maximum Gasteiger partial charge on any atom is 0.277 e. The predicted molar refractivity (Wildman–Crippen MR) is 93.8 cm³/mol. The monoisotopic (exact) mass is 391 g/mol. The van der Waals surface area contributed by atoms with Crippen molar-refractivity contribution in [2.45, 2.75) is 5.22 Å². The molecular weight excluding hydrogens is 381 g/mol. The molecule has 0 radical (unpaired) electrons. The van der Waals surface area contributed by atoms with Crippen LogP contribution in [0, 0.1) is 5.82 Å². The fourth-order valence-electron chi connectivity index (χ4n) is 1.93. The molecule has 10 heteroatoms. The summed E-state index contributed by atoms with van der Waals surface area (Å²) in [5, 5.41) is 12.3. The number of benzene rings is 1. The Morgan fingerprint density at radius 3 is 2.73 bits per heavy atom. The Balaban J connectivity index is 1.59. The van der Waals surface area contributed by atoms with Gasteiger partial charge in [0.15, 0.2) is 6.29 Å². The zero-order valence-electron chi connectivity index (χ0n) is 13.0. The number of hydrogen-bond donors (Lipinski definition) is 1. The van der Waals surface area contributed by atoms with Gasteiger partial charge in [-0.25, -0.2) is 4.39 Å². The Morgan fingerprint density at radius 2 is 2.00 bits per heavy atom. The van der Waals surface area contributed by atoms with Gasteiger partial charge in [0.25, 0.3) is 5.22 Å². The van der Waals surface area contributed by atoms with Gasteiger partial charge < -0.3 is 9.73 Å². The first kappa shape index (κ1) is 18.0. The maximum atomic E-state index is 12.9. The lowest BCUT2D eigenvalue weighted by atomic mass is 10.2. The first-order chi connectivity index (χ1) is 12.6. The van der Waals surface area contributed by atoms with Gasteiger partial charge >= 0.3 is 0 Å². The van der Waals surface area contributed by atoms with Crippen LogP contribution in [0.1, 0.15) is 10.4 Å². The third-order valence-electron chi connectivity index (χ3n) is 3.12. The molecule has 0 aliphatic carbocycles. The smallest absolute Gasteiger partial charge is 0.277 e. The summed E-state index contributed by atoms with van der Waals surface area (Å²) >= 11 is 2.16. The number of rotatable bonds is 7. The van der Waals surface area contributed by atoms with E-state index >= 15 is 0 Å². The van der Waals surface area contributed by atoms with Crippen molar-refractivity contribution in [1.82, 2.24) is 10.2 Å². The first-order valence-electron chi connectivity index (χ1n) is 7.16. The van der Waals surface area contributed by atoms with Crippen LogP contribution in [0.5, 0.6) is 0 Å². The lowest BCUT2D eigenvalue weighted by molar-refractivity contribution is -0.113. The second-order valence-electron chi connectivity index (χ2n) is 4.86. The number of ketones is 1. The Morgan fingerprint density at radius 1 is 1.23 bits per heavy atom. The van der Waals surface area contributed by atoms with Crippen molar-refractivity contribution in [2.24, 2.45) is 0 Å². The van der Waals surface area contributed by atoms with Gasteiger partial charge in [0.1, 0.15) is 10.8 Å². The van der Waals surface area contributed by atoms with Crippen molar-refractivity contribution in [3.8, 4) is 11.5 Å². The molecule has 0 atom stereocenters. The minimum Gasteiger partial charge on any atom is -0.411 e. The van der Waals surface area contributed by atoms with E-state index in [-0.39, 0.29) is 40.4 Å². The number of amides is 1. The number of anilines is 1. The second kappa shape index (κ2) is 8.02. The highest BCUT2D eigenvalue weighted by molar-refractivity contribution is 7.99. The fourth-order valence-corrected chi connectivity index (χ4v) is 3.30. The van der Waals surface area contributed by atoms with Gasteiger partial charge in [0, 0.05) is 5.56 Å². The maximum absolute atomic E-state index is 12.9. The number of thioether (sulfide) groups is 1. The summed E-state index contributed by atoms with van der Waals surface area (Å²) in [6.07, 6.45) is 0.196. The lowest BCUT2D eigenvalue weighted by Gasteiger charge is -2.02. The van der Waals surface area contributed by atoms with E-state index in [4.69, 9.17) is 4.42 Å². The quantitative estimate of drug-likeness (QED) is 0.286. The second-order valence-corrected chi connectivity index (χ2v) is 6.71. The van der Waals surface area contributed by atoms with E-state index in [1.54, 1.807) is 5.38 Å². The molecule has 0 saturated carbocycles. The van der Waals surface area contributed by atoms with Crippen LogP contribution in [0.3, 0.4) is 0 Å². The predicted octanol–water partition coefficient (Wildman–Crippen LogP) is 3.05. The number of halogens is 1. The molecule has 3 aromatic rings. The number of Topliss-reactive ketones (excluding diaryl/α,β-unsaturated/α-hetero) is 1. The van der Waals surface area contributed by atoms with Crippen molar-refractivity contribution in [3.05, 3.63) is 47.1 Å². The molecule has 1 N–H and O–H groups in total. The van der Waals surface area contributed by atoms with Gasteiger partial charge in [0.2, 0.25) is 17.6 Å². The molecule has 1 aromatic carbocycles. The Kier molecular flexibility index (Phi) is 5.54. The highest BCUT2D eigenvalue weighted by Gasteiger charge is 2.16. The topological polar surface area (TPSA) is 102 Å². The van der Waals surface area contributed by atoms with E-state index in [2.05, 4.69) is 15.5 Å². The molecule has 3 rings (SSSR count). The van der Waals surface area contributed by atoms with Gasteiger partial charge in [-0.2, -0.15) is 0 Å². The minimum absolute atomic E-state index is 0.0301. The van der Waals surface area contributed by atoms with Gasteiger partial charge in [0.05, 0.1) is 11.3 Å². The number of thiophene rings is 1. The molecule has 0 bridgehead atoms. The summed E-state index contributed by atoms with van der Waals surface area (Å²) in [7, 11) is 0. The molecule has 0 spiro atoms. The molecule has 0 saturated heterocycles. The van der Waals surface area contributed by atoms with Gasteiger partial charge in [-0.15, -0.1) is 21.5 Å². The Hall–Kier alpha value is -2.85. The number of nitrogens with one attached hydrogen (secondary N) is 1. The molecule has 7 nitrogen and oxygen atoms in total. The van der Waals surface area contributed by atoms with Crippen LogP contribution in [0.2, 0.25) is 0 Å². The van der Waals surface area contributed by atoms with Crippen molar-refractivity contribution >= 4 is 46.1 Å². The summed E-state index contributed by atoms with van der Waals surface area (Å²) in [4.78, 5) is 34.0. The number of carbonyl (C=O) groups excluding carboxylic acids is 3. The van der Waals surface area contributed by atoms with Crippen LogP contribution in [-0.4, -0.2) is 33.9 Å². The molecule has 2 aromatic heterocycles. The minimum atomic E-state index is -0.699. The molecule has 0 aliphatic heterocycles. The van der Waals surface area contributed by atoms with Crippen molar-refractivity contribution in [1.29, 1.82) is 0 Å². The number of aromatic nitrogens is 2. The van der Waals surface area contributed by atoms with Crippen LogP contribution >= 0.6 is 23.1 Å². The SMILES string of the molecule is O=CC(=O)c1ccsc1NC(=O)CSc1nnc(-c2ccc(F)cc2)o1. The third-order valence-corrected chi connectivity index (χ3v) is 4.76. The molecule has 0 aliphatic rings. The number of aldehydes is 1. The Bertz CT molecular complexity index is 953. The average Bonchev–Trinajstić information content (AvgIpc) is 3.29. The van der Waals surface area contributed by atoms with Gasteiger partial charge in [-0.3, -0.25) is 14.4 Å². The van der Waals surface area contributed by atoms with E-state index in [1.165, 1.54) is 30.3 Å².